The van der Waals surface area contributed by atoms with Crippen LogP contribution in [0.3, 0.4) is 0 Å². The molecule has 154 valence electrons. The number of aromatic hydroxyl groups is 1. The predicted octanol–water partition coefficient (Wildman–Crippen LogP) is 2.74. The number of carbonyl (C=O) groups is 3. The van der Waals surface area contributed by atoms with E-state index in [-0.39, 0.29) is 26.3 Å². The van der Waals surface area contributed by atoms with Gasteiger partial charge in [0.05, 0.1) is 8.49 Å². The second kappa shape index (κ2) is 8.49. The molecule has 1 heterocycles. The molecule has 1 fully saturated rings. The van der Waals surface area contributed by atoms with E-state index in [1.54, 1.807) is 46.9 Å². The Morgan fingerprint density at radius 1 is 1.30 bits per heavy atom. The number of phenols is 1. The van der Waals surface area contributed by atoms with E-state index in [0.717, 1.165) is 17.7 Å². The number of halogens is 1. The number of anilines is 1. The second-order valence-corrected chi connectivity index (χ2v) is 7.58. The van der Waals surface area contributed by atoms with E-state index in [4.69, 9.17) is 0 Å². The molecule has 2 aromatic rings. The molecule has 4 amide bonds. The Bertz CT molecular complexity index is 1100. The van der Waals surface area contributed by atoms with E-state index in [0.29, 0.717) is 10.6 Å². The lowest BCUT2D eigenvalue weighted by atomic mass is 10.1. The third-order valence-corrected chi connectivity index (χ3v) is 5.01. The number of hydrogen-bond donors (Lipinski definition) is 3. The third kappa shape index (κ3) is 4.56. The van der Waals surface area contributed by atoms with Gasteiger partial charge in [-0.1, -0.05) is 17.7 Å². The maximum absolute atomic E-state index is 12.5. The number of hydrogen-bond acceptors (Lipinski definition) is 6. The number of nitrogens with zero attached hydrogens (tertiary/aromatic N) is 2. The van der Waals surface area contributed by atoms with Gasteiger partial charge in [-0.15, -0.1) is 0 Å². The Balaban J connectivity index is 1.78. The number of non-ortho nitro benzene ring substituents is 1. The zero-order valence-electron chi connectivity index (χ0n) is 15.5. The molecule has 0 unspecified atom stereocenters. The van der Waals surface area contributed by atoms with E-state index < -0.39 is 29.3 Å². The highest BCUT2D eigenvalue weighted by atomic mass is 127. The summed E-state index contributed by atoms with van der Waals surface area (Å²) in [7, 11) is 0. The molecule has 0 radical (unpaired) electrons. The fourth-order valence-corrected chi connectivity index (χ4v) is 3.30. The fraction of sp³-hybridized carbons (Fsp3) is 0.105. The molecule has 10 nitrogen and oxygen atoms in total. The summed E-state index contributed by atoms with van der Waals surface area (Å²) < 4.78 is 0.208. The van der Waals surface area contributed by atoms with Crippen molar-refractivity contribution in [3.05, 3.63) is 66.9 Å². The van der Waals surface area contributed by atoms with Gasteiger partial charge in [0.1, 0.15) is 18.0 Å². The Labute approximate surface area is 183 Å². The van der Waals surface area contributed by atoms with Crippen LogP contribution in [-0.4, -0.2) is 39.3 Å². The molecule has 0 saturated carbocycles. The van der Waals surface area contributed by atoms with Crippen LogP contribution in [0, 0.1) is 20.6 Å². The van der Waals surface area contributed by atoms with Crippen LogP contribution < -0.4 is 10.6 Å². The molecule has 3 N–H and O–H groups in total. The van der Waals surface area contributed by atoms with Crippen LogP contribution in [0.1, 0.15) is 11.1 Å². The first-order chi connectivity index (χ1) is 14.2. The standard InChI is InChI=1S/C19H15IN4O6/c1-10-2-4-12(5-3-10)21-16(25)9-23-18(27)15(22-19(23)28)7-11-6-13(24(29)30)8-14(20)17(11)26/h2-8,26H,9H2,1H3,(H,21,25)(H,22,28)/b15-7+. The largest absolute Gasteiger partial charge is 0.506 e. The summed E-state index contributed by atoms with van der Waals surface area (Å²) in [5.41, 5.74) is 1.02. The summed E-state index contributed by atoms with van der Waals surface area (Å²) in [5.74, 6) is -1.64. The number of carbonyl (C=O) groups excluding carboxylic acids is 3. The molecular formula is C19H15IN4O6. The molecule has 0 bridgehead atoms. The normalized spacial score (nSPS) is 14.7. The van der Waals surface area contributed by atoms with Crippen LogP contribution in [0.4, 0.5) is 16.2 Å². The number of benzene rings is 2. The van der Waals surface area contributed by atoms with Crippen LogP contribution in [0.2, 0.25) is 0 Å². The van der Waals surface area contributed by atoms with Gasteiger partial charge in [-0.3, -0.25) is 19.7 Å². The minimum atomic E-state index is -0.815. The van der Waals surface area contributed by atoms with Crippen molar-refractivity contribution in [1.82, 2.24) is 10.2 Å². The molecule has 1 aliphatic heterocycles. The summed E-state index contributed by atoms with van der Waals surface area (Å²) in [4.78, 5) is 48.0. The number of nitro groups is 1. The zero-order chi connectivity index (χ0) is 22.0. The highest BCUT2D eigenvalue weighted by molar-refractivity contribution is 14.1. The molecular weight excluding hydrogens is 507 g/mol. The molecule has 1 aliphatic rings. The van der Waals surface area contributed by atoms with E-state index >= 15 is 0 Å². The fourth-order valence-electron chi connectivity index (χ4n) is 2.67. The minimum Gasteiger partial charge on any atom is -0.506 e. The van der Waals surface area contributed by atoms with Gasteiger partial charge >= 0.3 is 6.03 Å². The number of aryl methyl sites for hydroxylation is 1. The van der Waals surface area contributed by atoms with Gasteiger partial charge in [-0.05, 0) is 47.7 Å². The number of nitro benzene ring substituents is 1. The van der Waals surface area contributed by atoms with Crippen molar-refractivity contribution in [2.24, 2.45) is 0 Å². The Morgan fingerprint density at radius 3 is 2.60 bits per heavy atom. The summed E-state index contributed by atoms with van der Waals surface area (Å²) in [6.07, 6.45) is 1.13. The van der Waals surface area contributed by atoms with Crippen molar-refractivity contribution >= 4 is 57.9 Å². The number of urea groups is 1. The quantitative estimate of drug-likeness (QED) is 0.181. The van der Waals surface area contributed by atoms with E-state index in [1.807, 2.05) is 6.92 Å². The maximum atomic E-state index is 12.5. The van der Waals surface area contributed by atoms with E-state index in [2.05, 4.69) is 10.6 Å². The van der Waals surface area contributed by atoms with Crippen LogP contribution in [0.25, 0.3) is 6.08 Å². The van der Waals surface area contributed by atoms with Crippen molar-refractivity contribution in [2.75, 3.05) is 11.9 Å². The molecule has 3 rings (SSSR count). The topological polar surface area (TPSA) is 142 Å². The summed E-state index contributed by atoms with van der Waals surface area (Å²) >= 11 is 1.72. The van der Waals surface area contributed by atoms with Crippen molar-refractivity contribution < 1.29 is 24.4 Å². The van der Waals surface area contributed by atoms with Gasteiger partial charge < -0.3 is 15.7 Å². The lowest BCUT2D eigenvalue weighted by molar-refractivity contribution is -0.385. The van der Waals surface area contributed by atoms with E-state index in [9.17, 15) is 29.6 Å². The number of rotatable bonds is 5. The van der Waals surface area contributed by atoms with Crippen LogP contribution >= 0.6 is 22.6 Å². The Hall–Kier alpha value is -3.48. The molecule has 0 spiro atoms. The maximum Gasteiger partial charge on any atom is 0.329 e. The van der Waals surface area contributed by atoms with Crippen molar-refractivity contribution in [1.29, 1.82) is 0 Å². The number of phenolic OH excluding ortho intramolecular Hbond substituents is 1. The highest BCUT2D eigenvalue weighted by Gasteiger charge is 2.35. The lowest BCUT2D eigenvalue weighted by Gasteiger charge is -2.12. The number of imide groups is 1. The minimum absolute atomic E-state index is 0.0109. The second-order valence-electron chi connectivity index (χ2n) is 6.42. The Kier molecular flexibility index (Phi) is 6.01. The predicted molar refractivity (Wildman–Crippen MR) is 116 cm³/mol. The van der Waals surface area contributed by atoms with Crippen LogP contribution in [0.15, 0.2) is 42.1 Å². The molecule has 0 aliphatic carbocycles. The average Bonchev–Trinajstić information content (AvgIpc) is 2.94. The lowest BCUT2D eigenvalue weighted by Crippen LogP contribution is -2.38. The molecule has 2 aromatic carbocycles. The first kappa shape index (κ1) is 21.2. The van der Waals surface area contributed by atoms with Gasteiger partial charge in [-0.25, -0.2) is 9.69 Å². The first-order valence-corrected chi connectivity index (χ1v) is 9.61. The molecule has 1 saturated heterocycles. The Morgan fingerprint density at radius 2 is 1.97 bits per heavy atom. The zero-order valence-corrected chi connectivity index (χ0v) is 17.7. The average molecular weight is 522 g/mol. The van der Waals surface area contributed by atoms with Crippen molar-refractivity contribution in [2.45, 2.75) is 6.92 Å². The van der Waals surface area contributed by atoms with Crippen LogP contribution in [0.5, 0.6) is 5.75 Å². The van der Waals surface area contributed by atoms with Gasteiger partial charge in [-0.2, -0.15) is 0 Å². The van der Waals surface area contributed by atoms with Gasteiger partial charge in [0.2, 0.25) is 5.91 Å². The highest BCUT2D eigenvalue weighted by Crippen LogP contribution is 2.31. The summed E-state index contributed by atoms with van der Waals surface area (Å²) in [6, 6.07) is 8.43. The van der Waals surface area contributed by atoms with Gasteiger partial charge in [0.15, 0.2) is 0 Å². The summed E-state index contributed by atoms with van der Waals surface area (Å²) in [5, 5.41) is 26.1. The molecule has 0 aromatic heterocycles. The third-order valence-electron chi connectivity index (χ3n) is 4.19. The van der Waals surface area contributed by atoms with Crippen molar-refractivity contribution in [3.63, 3.8) is 0 Å². The van der Waals surface area contributed by atoms with Gasteiger partial charge in [0, 0.05) is 23.4 Å². The number of amides is 4. The SMILES string of the molecule is Cc1ccc(NC(=O)CN2C(=O)N/C(=C/c3cc([N+](=O)[O-])cc(I)c3O)C2=O)cc1. The van der Waals surface area contributed by atoms with Gasteiger partial charge in [0.25, 0.3) is 11.6 Å². The smallest absolute Gasteiger partial charge is 0.329 e. The first-order valence-electron chi connectivity index (χ1n) is 8.53. The number of nitrogens with one attached hydrogen (secondary N) is 2. The van der Waals surface area contributed by atoms with E-state index in [1.165, 1.54) is 6.07 Å². The monoisotopic (exact) mass is 522 g/mol. The van der Waals surface area contributed by atoms with Crippen molar-refractivity contribution in [3.8, 4) is 5.75 Å². The molecule has 11 heteroatoms. The van der Waals surface area contributed by atoms with Crippen LogP contribution in [-0.2, 0) is 9.59 Å². The molecule has 30 heavy (non-hydrogen) atoms. The summed E-state index contributed by atoms with van der Waals surface area (Å²) in [6.45, 7) is 1.38. The molecule has 0 atom stereocenters.